The average Bonchev–Trinajstić information content (AvgIpc) is 3.45. The topological polar surface area (TPSA) is 97.6 Å². The minimum atomic E-state index is -1.45. The first-order chi connectivity index (χ1) is 28.8. The maximum absolute atomic E-state index is 13.1. The van der Waals surface area contributed by atoms with E-state index in [-0.39, 0.29) is 26.2 Å². The number of hydrogen-bond acceptors (Lipinski definition) is 7. The number of halogens is 1. The smallest absolute Gasteiger partial charge is 0.119 e. The van der Waals surface area contributed by atoms with E-state index in [4.69, 9.17) is 30.5 Å². The highest BCUT2D eigenvalue weighted by Crippen LogP contribution is 2.63. The molecular formula is C51H51ClO7. The molecule has 8 atom stereocenters. The lowest BCUT2D eigenvalue weighted by Gasteiger charge is -2.57. The Labute approximate surface area is 351 Å². The van der Waals surface area contributed by atoms with Crippen LogP contribution in [-0.4, -0.2) is 51.9 Å². The second kappa shape index (κ2) is 18.2. The summed E-state index contributed by atoms with van der Waals surface area (Å²) in [5.74, 6) is 0.759. The van der Waals surface area contributed by atoms with E-state index in [2.05, 4.69) is 0 Å². The summed E-state index contributed by atoms with van der Waals surface area (Å²) < 4.78 is 26.9. The van der Waals surface area contributed by atoms with Gasteiger partial charge in [0.05, 0.1) is 55.1 Å². The Hall–Kier alpha value is -4.83. The Balaban J connectivity index is 1.19. The van der Waals surface area contributed by atoms with Crippen LogP contribution in [-0.2, 0) is 52.5 Å². The number of aliphatic hydroxyl groups excluding tert-OH is 3. The van der Waals surface area contributed by atoms with Crippen LogP contribution in [0.5, 0.6) is 5.75 Å². The molecule has 2 saturated carbocycles. The van der Waals surface area contributed by atoms with Crippen LogP contribution in [0.4, 0.5) is 0 Å². The van der Waals surface area contributed by atoms with E-state index in [1.165, 1.54) is 0 Å². The van der Waals surface area contributed by atoms with Gasteiger partial charge < -0.3 is 34.3 Å². The summed E-state index contributed by atoms with van der Waals surface area (Å²) in [6.45, 7) is 2.75. The number of fused-ring (bicyclic) bond motifs is 2. The molecule has 3 unspecified atom stereocenters. The summed E-state index contributed by atoms with van der Waals surface area (Å²) in [6, 6.07) is 53.2. The van der Waals surface area contributed by atoms with Crippen molar-refractivity contribution in [2.75, 3.05) is 0 Å². The first-order valence-corrected chi connectivity index (χ1v) is 20.7. The lowest BCUT2D eigenvalue weighted by Crippen LogP contribution is -2.72. The Morgan fingerprint density at radius 1 is 0.593 bits per heavy atom. The van der Waals surface area contributed by atoms with Gasteiger partial charge in [-0.2, -0.15) is 0 Å². The number of hydrogen-bond donors (Lipinski definition) is 3. The molecule has 3 N–H and O–H groups in total. The highest BCUT2D eigenvalue weighted by Gasteiger charge is 2.76. The van der Waals surface area contributed by atoms with Crippen LogP contribution < -0.4 is 4.74 Å². The van der Waals surface area contributed by atoms with Crippen LogP contribution in [0.2, 0.25) is 5.02 Å². The van der Waals surface area contributed by atoms with Crippen LogP contribution in [0.25, 0.3) is 0 Å². The molecule has 7 nitrogen and oxygen atoms in total. The quantitative estimate of drug-likeness (QED) is 0.0898. The zero-order valence-corrected chi connectivity index (χ0v) is 33.9. The maximum atomic E-state index is 13.1. The molecule has 2 fully saturated rings. The van der Waals surface area contributed by atoms with Gasteiger partial charge in [-0.05, 0) is 76.9 Å². The van der Waals surface area contributed by atoms with Crippen molar-refractivity contribution < 1.29 is 34.3 Å². The zero-order valence-electron chi connectivity index (χ0n) is 33.1. The molecule has 8 heteroatoms. The summed E-state index contributed by atoms with van der Waals surface area (Å²) >= 11 is 6.96. The summed E-state index contributed by atoms with van der Waals surface area (Å²) in [5, 5.41) is 38.2. The molecule has 0 aromatic heterocycles. The fraction of sp³-hybridized carbons (Fsp3) is 0.294. The second-order valence-corrected chi connectivity index (χ2v) is 16.3. The van der Waals surface area contributed by atoms with Gasteiger partial charge in [0.25, 0.3) is 0 Å². The highest BCUT2D eigenvalue weighted by atomic mass is 35.5. The van der Waals surface area contributed by atoms with Crippen molar-refractivity contribution in [1.82, 2.24) is 0 Å². The van der Waals surface area contributed by atoms with E-state index in [1.54, 1.807) is 6.92 Å². The number of ether oxygens (including phenoxy) is 4. The number of benzene rings is 6. The molecule has 8 rings (SSSR count). The molecular weight excluding hydrogens is 760 g/mol. The van der Waals surface area contributed by atoms with Crippen LogP contribution >= 0.6 is 11.6 Å². The normalized spacial score (nSPS) is 25.4. The van der Waals surface area contributed by atoms with Crippen molar-refractivity contribution >= 4 is 11.6 Å². The lowest BCUT2D eigenvalue weighted by atomic mass is 9.57. The van der Waals surface area contributed by atoms with Gasteiger partial charge in [0.15, 0.2) is 0 Å². The molecule has 2 aliphatic carbocycles. The van der Waals surface area contributed by atoms with Crippen LogP contribution in [0.1, 0.15) is 52.3 Å². The fourth-order valence-electron chi connectivity index (χ4n) is 9.34. The Kier molecular flexibility index (Phi) is 12.6. The minimum absolute atomic E-state index is 0.0457. The van der Waals surface area contributed by atoms with Gasteiger partial charge in [-0.25, -0.2) is 0 Å². The van der Waals surface area contributed by atoms with Crippen LogP contribution in [0, 0.1) is 5.41 Å². The number of aliphatic hydroxyl groups is 3. The van der Waals surface area contributed by atoms with Gasteiger partial charge in [0.1, 0.15) is 24.6 Å². The van der Waals surface area contributed by atoms with Crippen molar-refractivity contribution in [2.24, 2.45) is 5.41 Å². The number of rotatable bonds is 16. The molecule has 6 aromatic carbocycles. The summed E-state index contributed by atoms with van der Waals surface area (Å²) in [6.07, 6.45) is -5.66. The minimum Gasteiger partial charge on any atom is -0.489 e. The van der Waals surface area contributed by atoms with Crippen molar-refractivity contribution in [3.8, 4) is 5.75 Å². The van der Waals surface area contributed by atoms with Gasteiger partial charge >= 0.3 is 0 Å². The van der Waals surface area contributed by atoms with Crippen molar-refractivity contribution in [2.45, 2.75) is 88.2 Å². The van der Waals surface area contributed by atoms with Gasteiger partial charge in [-0.3, -0.25) is 0 Å². The first-order valence-electron chi connectivity index (χ1n) is 20.3. The standard InChI is InChI=1S/C51H51ClO7/c1-35(53)50-30-45(54)51(49(50)55,42-24-27-44(52)41(29-42)28-36-22-25-43(26-23-36)56-31-37-14-6-2-7-15-37)48(59-34-40-20-12-5-13-21-40)46(57-32-38-16-8-3-9-17-38)47(50)58-33-39-18-10-4-11-19-39/h2-27,29,35,45-49,53-55H,28,30-34H2,1H3/t35?,45?,46-,47+,48-,49?,50-,51+/m0/s1. The molecule has 0 saturated heterocycles. The molecule has 59 heavy (non-hydrogen) atoms. The lowest BCUT2D eigenvalue weighted by molar-refractivity contribution is -0.272. The van der Waals surface area contributed by atoms with Gasteiger partial charge in [0, 0.05) is 5.02 Å². The fourth-order valence-corrected chi connectivity index (χ4v) is 9.52. The van der Waals surface area contributed by atoms with E-state index in [0.717, 1.165) is 39.1 Å². The van der Waals surface area contributed by atoms with Gasteiger partial charge in [-0.15, -0.1) is 0 Å². The predicted octanol–water partition coefficient (Wildman–Crippen LogP) is 9.01. The average molecular weight is 811 g/mol. The summed E-state index contributed by atoms with van der Waals surface area (Å²) in [5.41, 5.74) is 3.58. The Bertz CT molecular complexity index is 2240. The third-order valence-electron chi connectivity index (χ3n) is 12.4. The van der Waals surface area contributed by atoms with E-state index >= 15 is 0 Å². The van der Waals surface area contributed by atoms with E-state index in [9.17, 15) is 15.3 Å². The summed E-state index contributed by atoms with van der Waals surface area (Å²) in [7, 11) is 0. The molecule has 0 spiro atoms. The van der Waals surface area contributed by atoms with Gasteiger partial charge in [-0.1, -0.05) is 157 Å². The molecule has 2 aliphatic rings. The SMILES string of the molecule is CC(O)[C@]12CC(O)[C@@](c3ccc(Cl)c(Cc4ccc(OCc5ccccc5)cc4)c3)(C1O)[C@@H](OCc1ccccc1)[C@@H](OCc1ccccc1)[C@H]2OCc1ccccc1. The first kappa shape index (κ1) is 40.9. The highest BCUT2D eigenvalue weighted by molar-refractivity contribution is 6.31. The molecule has 0 amide bonds. The molecule has 0 heterocycles. The van der Waals surface area contributed by atoms with E-state index < -0.39 is 47.5 Å². The predicted molar refractivity (Wildman–Crippen MR) is 229 cm³/mol. The Morgan fingerprint density at radius 2 is 1.08 bits per heavy atom. The second-order valence-electron chi connectivity index (χ2n) is 15.9. The van der Waals surface area contributed by atoms with Crippen molar-refractivity contribution in [3.05, 3.63) is 208 Å². The van der Waals surface area contributed by atoms with E-state index in [1.807, 2.05) is 164 Å². The monoisotopic (exact) mass is 810 g/mol. The molecule has 304 valence electrons. The third-order valence-corrected chi connectivity index (χ3v) is 12.7. The van der Waals surface area contributed by atoms with Gasteiger partial charge in [0.2, 0.25) is 0 Å². The molecule has 6 aromatic rings. The van der Waals surface area contributed by atoms with E-state index in [0.29, 0.717) is 23.6 Å². The van der Waals surface area contributed by atoms with Crippen molar-refractivity contribution in [3.63, 3.8) is 0 Å². The van der Waals surface area contributed by atoms with Crippen LogP contribution in [0.3, 0.4) is 0 Å². The molecule has 2 bridgehead atoms. The summed E-state index contributed by atoms with van der Waals surface area (Å²) in [4.78, 5) is 0. The largest absolute Gasteiger partial charge is 0.489 e. The Morgan fingerprint density at radius 3 is 1.61 bits per heavy atom. The van der Waals surface area contributed by atoms with Crippen LogP contribution in [0.15, 0.2) is 164 Å². The van der Waals surface area contributed by atoms with Crippen molar-refractivity contribution in [1.29, 1.82) is 0 Å². The molecule has 0 aliphatic heterocycles. The maximum Gasteiger partial charge on any atom is 0.119 e. The zero-order chi connectivity index (χ0) is 40.8. The third kappa shape index (κ3) is 8.34. The molecule has 0 radical (unpaired) electrons.